The molecule has 1 aromatic carbocycles. The monoisotopic (exact) mass is 411 g/mol. The first-order chi connectivity index (χ1) is 14.6. The molecule has 2 aromatic rings. The minimum atomic E-state index is -0.0226. The molecule has 0 atom stereocenters. The van der Waals surface area contributed by atoms with Crippen LogP contribution < -0.4 is 15.0 Å². The molecular weight excluding hydrogens is 382 g/mol. The number of pyridine rings is 1. The molecule has 0 unspecified atom stereocenters. The fraction of sp³-hybridized carbons (Fsp3) is 0.478. The van der Waals surface area contributed by atoms with Crippen LogP contribution in [0.1, 0.15) is 40.0 Å². The van der Waals surface area contributed by atoms with Gasteiger partial charge in [-0.15, -0.1) is 0 Å². The molecule has 160 valence electrons. The average molecular weight is 412 g/mol. The van der Waals surface area contributed by atoms with Crippen LogP contribution in [0.3, 0.4) is 0 Å². The Labute approximate surface area is 177 Å². The lowest BCUT2D eigenvalue weighted by Gasteiger charge is -2.34. The van der Waals surface area contributed by atoms with Gasteiger partial charge in [-0.2, -0.15) is 0 Å². The summed E-state index contributed by atoms with van der Waals surface area (Å²) < 4.78 is 16.8. The van der Waals surface area contributed by atoms with Crippen LogP contribution in [0.15, 0.2) is 30.3 Å². The lowest BCUT2D eigenvalue weighted by molar-refractivity contribution is 0.0615. The Morgan fingerprint density at radius 1 is 1.20 bits per heavy atom. The number of ether oxygens (including phenoxy) is 3. The SMILES string of the molecule is COCCOCc1cccc(OC2CCN(c3nc4c(cc3C)C(=O)NC4)CC2)c1. The van der Waals surface area contributed by atoms with Crippen molar-refractivity contribution >= 4 is 11.7 Å². The number of nitrogens with one attached hydrogen (secondary N) is 1. The number of aryl methyl sites for hydroxylation is 1. The van der Waals surface area contributed by atoms with Crippen molar-refractivity contribution in [3.63, 3.8) is 0 Å². The molecule has 1 aromatic heterocycles. The van der Waals surface area contributed by atoms with Crippen molar-refractivity contribution < 1.29 is 19.0 Å². The highest BCUT2D eigenvalue weighted by molar-refractivity contribution is 5.98. The molecule has 7 nitrogen and oxygen atoms in total. The van der Waals surface area contributed by atoms with Crippen LogP contribution in [-0.2, 0) is 22.6 Å². The number of aromatic nitrogens is 1. The number of carbonyl (C=O) groups is 1. The van der Waals surface area contributed by atoms with Gasteiger partial charge in [0.2, 0.25) is 0 Å². The van der Waals surface area contributed by atoms with Gasteiger partial charge in [-0.25, -0.2) is 4.98 Å². The number of benzene rings is 1. The molecule has 0 bridgehead atoms. The molecular formula is C23H29N3O4. The minimum Gasteiger partial charge on any atom is -0.490 e. The molecule has 1 fully saturated rings. The second kappa shape index (κ2) is 9.45. The summed E-state index contributed by atoms with van der Waals surface area (Å²) in [6.45, 7) is 6.06. The van der Waals surface area contributed by atoms with E-state index >= 15 is 0 Å². The molecule has 0 spiro atoms. The molecule has 1 amide bonds. The Morgan fingerprint density at radius 3 is 2.83 bits per heavy atom. The Hall–Kier alpha value is -2.64. The third kappa shape index (κ3) is 4.74. The van der Waals surface area contributed by atoms with Crippen molar-refractivity contribution in [2.75, 3.05) is 38.3 Å². The molecule has 2 aliphatic rings. The smallest absolute Gasteiger partial charge is 0.253 e. The number of hydrogen-bond donors (Lipinski definition) is 1. The summed E-state index contributed by atoms with van der Waals surface area (Å²) in [4.78, 5) is 18.9. The van der Waals surface area contributed by atoms with Gasteiger partial charge in [0.15, 0.2) is 0 Å². The molecule has 3 heterocycles. The van der Waals surface area contributed by atoms with Gasteiger partial charge in [0.1, 0.15) is 17.7 Å². The average Bonchev–Trinajstić information content (AvgIpc) is 3.11. The number of nitrogens with zero attached hydrogens (tertiary/aromatic N) is 2. The van der Waals surface area contributed by atoms with Crippen molar-refractivity contribution in [2.45, 2.75) is 39.0 Å². The third-order valence-electron chi connectivity index (χ3n) is 5.57. The standard InChI is InChI=1S/C23H29N3O4/c1-16-12-20-21(14-24-23(20)27)25-22(16)26-8-6-18(7-9-26)30-19-5-3-4-17(13-19)15-29-11-10-28-2/h3-5,12-13,18H,6-11,14-15H2,1-2H3,(H,24,27). The Morgan fingerprint density at radius 2 is 2.03 bits per heavy atom. The van der Waals surface area contributed by atoms with Crippen LogP contribution in [0.4, 0.5) is 5.82 Å². The Kier molecular flexibility index (Phi) is 6.50. The van der Waals surface area contributed by atoms with Crippen LogP contribution >= 0.6 is 0 Å². The highest BCUT2D eigenvalue weighted by Crippen LogP contribution is 2.27. The van der Waals surface area contributed by atoms with E-state index in [9.17, 15) is 4.79 Å². The van der Waals surface area contributed by atoms with Gasteiger partial charge >= 0.3 is 0 Å². The van der Waals surface area contributed by atoms with Crippen molar-refractivity contribution in [1.29, 1.82) is 0 Å². The highest BCUT2D eigenvalue weighted by Gasteiger charge is 2.26. The maximum atomic E-state index is 11.8. The summed E-state index contributed by atoms with van der Waals surface area (Å²) in [6.07, 6.45) is 2.05. The van der Waals surface area contributed by atoms with Gasteiger partial charge in [0.25, 0.3) is 5.91 Å². The zero-order valence-corrected chi connectivity index (χ0v) is 17.6. The number of piperidine rings is 1. The van der Waals surface area contributed by atoms with E-state index in [2.05, 4.69) is 16.3 Å². The molecule has 7 heteroatoms. The second-order valence-electron chi connectivity index (χ2n) is 7.80. The first kappa shape index (κ1) is 20.6. The van der Waals surface area contributed by atoms with Crippen LogP contribution in [-0.4, -0.2) is 50.4 Å². The summed E-state index contributed by atoms with van der Waals surface area (Å²) in [5.74, 6) is 1.85. The minimum absolute atomic E-state index is 0.0226. The van der Waals surface area contributed by atoms with Gasteiger partial charge < -0.3 is 24.4 Å². The number of methoxy groups -OCH3 is 1. The second-order valence-corrected chi connectivity index (χ2v) is 7.80. The van der Waals surface area contributed by atoms with Crippen molar-refractivity contribution in [3.8, 4) is 5.75 Å². The molecule has 0 aliphatic carbocycles. The molecule has 0 radical (unpaired) electrons. The molecule has 1 N–H and O–H groups in total. The predicted molar refractivity (Wildman–Crippen MR) is 114 cm³/mol. The summed E-state index contributed by atoms with van der Waals surface area (Å²) >= 11 is 0. The zero-order chi connectivity index (χ0) is 20.9. The number of amides is 1. The summed E-state index contributed by atoms with van der Waals surface area (Å²) in [6, 6.07) is 10.1. The number of carbonyl (C=O) groups excluding carboxylic acids is 1. The van der Waals surface area contributed by atoms with Crippen LogP contribution in [0, 0.1) is 6.92 Å². The van der Waals surface area contributed by atoms with Gasteiger partial charge in [-0.05, 0) is 36.2 Å². The molecule has 30 heavy (non-hydrogen) atoms. The van der Waals surface area contributed by atoms with Crippen LogP contribution in [0.25, 0.3) is 0 Å². The van der Waals surface area contributed by atoms with Gasteiger partial charge in [0.05, 0.1) is 37.6 Å². The van der Waals surface area contributed by atoms with E-state index in [0.717, 1.165) is 54.3 Å². The van der Waals surface area contributed by atoms with Crippen LogP contribution in [0.5, 0.6) is 5.75 Å². The van der Waals surface area contributed by atoms with E-state index in [1.807, 2.05) is 31.2 Å². The Bertz CT molecular complexity index is 894. The number of rotatable bonds is 8. The molecule has 0 saturated carbocycles. The highest BCUT2D eigenvalue weighted by atomic mass is 16.5. The quantitative estimate of drug-likeness (QED) is 0.674. The van der Waals surface area contributed by atoms with Crippen molar-refractivity contribution in [2.24, 2.45) is 0 Å². The van der Waals surface area contributed by atoms with Gasteiger partial charge in [-0.1, -0.05) is 12.1 Å². The third-order valence-corrected chi connectivity index (χ3v) is 5.57. The fourth-order valence-electron chi connectivity index (χ4n) is 3.97. The predicted octanol–water partition coefficient (Wildman–Crippen LogP) is 2.84. The lowest BCUT2D eigenvalue weighted by atomic mass is 10.1. The largest absolute Gasteiger partial charge is 0.490 e. The lowest BCUT2D eigenvalue weighted by Crippen LogP contribution is -2.39. The summed E-state index contributed by atoms with van der Waals surface area (Å²) in [5.41, 5.74) is 3.71. The van der Waals surface area contributed by atoms with Crippen molar-refractivity contribution in [3.05, 3.63) is 52.7 Å². The maximum Gasteiger partial charge on any atom is 0.253 e. The van der Waals surface area contributed by atoms with E-state index in [1.54, 1.807) is 7.11 Å². The number of fused-ring (bicyclic) bond motifs is 1. The molecule has 2 aliphatic heterocycles. The Balaban J connectivity index is 1.32. The molecule has 1 saturated heterocycles. The zero-order valence-electron chi connectivity index (χ0n) is 17.6. The fourth-order valence-corrected chi connectivity index (χ4v) is 3.97. The van der Waals surface area contributed by atoms with E-state index in [1.165, 1.54) is 0 Å². The number of hydrogen-bond acceptors (Lipinski definition) is 6. The maximum absolute atomic E-state index is 11.8. The van der Waals surface area contributed by atoms with E-state index in [-0.39, 0.29) is 12.0 Å². The number of anilines is 1. The first-order valence-corrected chi connectivity index (χ1v) is 10.5. The van der Waals surface area contributed by atoms with Crippen molar-refractivity contribution in [1.82, 2.24) is 10.3 Å². The van der Waals surface area contributed by atoms with E-state index < -0.39 is 0 Å². The van der Waals surface area contributed by atoms with E-state index in [4.69, 9.17) is 19.2 Å². The van der Waals surface area contributed by atoms with Gasteiger partial charge in [-0.3, -0.25) is 4.79 Å². The van der Waals surface area contributed by atoms with E-state index in [0.29, 0.717) is 31.9 Å². The normalized spacial score (nSPS) is 16.5. The van der Waals surface area contributed by atoms with Gasteiger partial charge in [0, 0.05) is 33.0 Å². The van der Waals surface area contributed by atoms with Crippen LogP contribution in [0.2, 0.25) is 0 Å². The summed E-state index contributed by atoms with van der Waals surface area (Å²) in [5, 5.41) is 2.85. The molecule has 4 rings (SSSR count). The topological polar surface area (TPSA) is 72.9 Å². The summed E-state index contributed by atoms with van der Waals surface area (Å²) in [7, 11) is 1.67. The first-order valence-electron chi connectivity index (χ1n) is 10.5.